The molecule has 3 rings (SSSR count). The van der Waals surface area contributed by atoms with Gasteiger partial charge in [-0.1, -0.05) is 0 Å². The lowest BCUT2D eigenvalue weighted by Gasteiger charge is -2.27. The molecule has 2 N–H and O–H groups in total. The lowest BCUT2D eigenvalue weighted by atomic mass is 9.96. The van der Waals surface area contributed by atoms with Crippen molar-refractivity contribution in [2.75, 3.05) is 5.06 Å². The number of ether oxygens (including phenoxy) is 1. The summed E-state index contributed by atoms with van der Waals surface area (Å²) < 4.78 is 5.51. The molecule has 0 aromatic heterocycles. The first kappa shape index (κ1) is 18.5. The van der Waals surface area contributed by atoms with E-state index in [4.69, 9.17) is 24.7 Å². The van der Waals surface area contributed by atoms with Crippen molar-refractivity contribution in [1.29, 1.82) is 5.41 Å². The second-order valence-corrected chi connectivity index (χ2v) is 6.23. The molecule has 27 heavy (non-hydrogen) atoms. The number of fused-ring (bicyclic) bond motifs is 3. The Hall–Kier alpha value is -3.34. The fourth-order valence-electron chi connectivity index (χ4n) is 2.43. The van der Waals surface area contributed by atoms with Gasteiger partial charge in [0, 0.05) is 5.23 Å². The van der Waals surface area contributed by atoms with Crippen molar-refractivity contribution >= 4 is 29.6 Å². The van der Waals surface area contributed by atoms with E-state index in [1.807, 2.05) is 13.8 Å². The van der Waals surface area contributed by atoms with E-state index in [0.717, 1.165) is 0 Å². The SMILES string of the molecule is CC(C)Oc1ccc(N2OC(=O)CC3(O)CC(=O)ON(OC3=O)C2=N)cc1. The average molecular weight is 379 g/mol. The predicted molar refractivity (Wildman–Crippen MR) is 86.7 cm³/mol. The van der Waals surface area contributed by atoms with Gasteiger partial charge in [0.2, 0.25) is 0 Å². The van der Waals surface area contributed by atoms with E-state index in [1.54, 1.807) is 12.1 Å². The van der Waals surface area contributed by atoms with Gasteiger partial charge in [-0.25, -0.2) is 14.4 Å². The molecule has 11 nitrogen and oxygen atoms in total. The van der Waals surface area contributed by atoms with Crippen LogP contribution in [0.2, 0.25) is 0 Å². The number of rotatable bonds is 3. The number of carbonyl (C=O) groups excluding carboxylic acids is 3. The van der Waals surface area contributed by atoms with Crippen LogP contribution in [0.5, 0.6) is 5.75 Å². The number of nitrogens with zero attached hydrogens (tertiary/aromatic N) is 2. The summed E-state index contributed by atoms with van der Waals surface area (Å²) in [6.07, 6.45) is -1.72. The number of hydrogen-bond donors (Lipinski definition) is 2. The Morgan fingerprint density at radius 3 is 2.26 bits per heavy atom. The van der Waals surface area contributed by atoms with Gasteiger partial charge in [-0.2, -0.15) is 0 Å². The molecule has 1 atom stereocenters. The van der Waals surface area contributed by atoms with E-state index in [2.05, 4.69) is 0 Å². The van der Waals surface area contributed by atoms with Crippen LogP contribution in [-0.2, 0) is 28.9 Å². The number of guanidine groups is 1. The highest BCUT2D eigenvalue weighted by Crippen LogP contribution is 2.29. The maximum absolute atomic E-state index is 12.2. The fourth-order valence-corrected chi connectivity index (χ4v) is 2.43. The maximum atomic E-state index is 12.2. The largest absolute Gasteiger partial charge is 0.491 e. The molecule has 0 radical (unpaired) electrons. The molecule has 2 aliphatic rings. The minimum Gasteiger partial charge on any atom is -0.491 e. The van der Waals surface area contributed by atoms with Crippen molar-refractivity contribution < 1.29 is 38.7 Å². The smallest absolute Gasteiger partial charge is 0.369 e. The predicted octanol–water partition coefficient (Wildman–Crippen LogP) is 0.430. The van der Waals surface area contributed by atoms with Gasteiger partial charge in [-0.15, -0.1) is 5.06 Å². The fraction of sp³-hybridized carbons (Fsp3) is 0.375. The second-order valence-electron chi connectivity index (χ2n) is 6.23. The van der Waals surface area contributed by atoms with E-state index in [-0.39, 0.29) is 17.0 Å². The summed E-state index contributed by atoms with van der Waals surface area (Å²) >= 11 is 0. The lowest BCUT2D eigenvalue weighted by Crippen LogP contribution is -2.45. The molecule has 1 unspecified atom stereocenters. The highest BCUT2D eigenvalue weighted by atomic mass is 17.0. The molecule has 2 heterocycles. The van der Waals surface area contributed by atoms with Crippen LogP contribution in [0, 0.1) is 5.41 Å². The molecular weight excluding hydrogens is 362 g/mol. The van der Waals surface area contributed by atoms with E-state index >= 15 is 0 Å². The summed E-state index contributed by atoms with van der Waals surface area (Å²) in [4.78, 5) is 50.6. The van der Waals surface area contributed by atoms with Crippen LogP contribution in [0.3, 0.4) is 0 Å². The van der Waals surface area contributed by atoms with Crippen molar-refractivity contribution in [2.45, 2.75) is 38.4 Å². The number of anilines is 1. The number of hydroxylamine groups is 3. The van der Waals surface area contributed by atoms with Crippen LogP contribution in [0.1, 0.15) is 26.7 Å². The summed E-state index contributed by atoms with van der Waals surface area (Å²) in [5, 5.41) is 19.3. The first-order valence-electron chi connectivity index (χ1n) is 8.00. The number of carbonyl (C=O) groups is 3. The third kappa shape index (κ3) is 3.77. The van der Waals surface area contributed by atoms with Crippen LogP contribution in [-0.4, -0.2) is 45.9 Å². The summed E-state index contributed by atoms with van der Waals surface area (Å²) in [7, 11) is 0. The molecule has 0 aliphatic carbocycles. The summed E-state index contributed by atoms with van der Waals surface area (Å²) in [5.41, 5.74) is -2.26. The topological polar surface area (TPSA) is 139 Å². The lowest BCUT2D eigenvalue weighted by molar-refractivity contribution is -0.280. The summed E-state index contributed by atoms with van der Waals surface area (Å²) in [6.45, 7) is 3.71. The molecule has 0 spiro atoms. The Labute approximate surface area is 153 Å². The first-order valence-corrected chi connectivity index (χ1v) is 8.00. The molecule has 1 aromatic carbocycles. The molecule has 144 valence electrons. The van der Waals surface area contributed by atoms with Crippen molar-refractivity contribution in [3.05, 3.63) is 24.3 Å². The molecule has 0 amide bonds. The third-order valence-corrected chi connectivity index (χ3v) is 3.61. The monoisotopic (exact) mass is 379 g/mol. The van der Waals surface area contributed by atoms with Crippen LogP contribution < -0.4 is 9.80 Å². The quantitative estimate of drug-likeness (QED) is 0.760. The van der Waals surface area contributed by atoms with E-state index in [0.29, 0.717) is 10.8 Å². The molecule has 11 heteroatoms. The third-order valence-electron chi connectivity index (χ3n) is 3.61. The Balaban J connectivity index is 1.94. The van der Waals surface area contributed by atoms with Gasteiger partial charge in [-0.3, -0.25) is 10.2 Å². The minimum absolute atomic E-state index is 0.0537. The van der Waals surface area contributed by atoms with Crippen LogP contribution in [0.4, 0.5) is 5.69 Å². The van der Waals surface area contributed by atoms with Crippen LogP contribution in [0.25, 0.3) is 0 Å². The number of hydrogen-bond acceptors (Lipinski definition) is 9. The zero-order chi connectivity index (χ0) is 19.8. The summed E-state index contributed by atoms with van der Waals surface area (Å²) in [5.74, 6) is -3.64. The van der Waals surface area contributed by atoms with Crippen LogP contribution >= 0.6 is 0 Å². The Morgan fingerprint density at radius 1 is 1.07 bits per heavy atom. The molecule has 2 bridgehead atoms. The van der Waals surface area contributed by atoms with Gasteiger partial charge in [0.15, 0.2) is 5.60 Å². The second kappa shape index (κ2) is 6.76. The number of nitrogens with one attached hydrogen (secondary N) is 1. The molecule has 0 saturated carbocycles. The number of benzene rings is 1. The van der Waals surface area contributed by atoms with Gasteiger partial charge in [0.25, 0.3) is 0 Å². The molecular formula is C16H17N3O8. The molecule has 2 saturated heterocycles. The first-order chi connectivity index (χ1) is 12.7. The zero-order valence-corrected chi connectivity index (χ0v) is 14.5. The number of aliphatic hydroxyl groups is 1. The Bertz CT molecular complexity index is 793. The van der Waals surface area contributed by atoms with Crippen LogP contribution in [0.15, 0.2) is 24.3 Å². The van der Waals surface area contributed by atoms with Gasteiger partial charge in [0.1, 0.15) is 5.75 Å². The highest BCUT2D eigenvalue weighted by molar-refractivity contribution is 5.98. The van der Waals surface area contributed by atoms with Crippen molar-refractivity contribution in [1.82, 2.24) is 5.23 Å². The highest BCUT2D eigenvalue weighted by Gasteiger charge is 2.50. The summed E-state index contributed by atoms with van der Waals surface area (Å²) in [6, 6.07) is 6.12. The zero-order valence-electron chi connectivity index (χ0n) is 14.5. The van der Waals surface area contributed by atoms with Gasteiger partial charge >= 0.3 is 23.9 Å². The van der Waals surface area contributed by atoms with E-state index < -0.39 is 42.3 Å². The maximum Gasteiger partial charge on any atom is 0.369 e. The Kier molecular flexibility index (Phi) is 4.62. The standard InChI is InChI=1S/C16H17N3O8/c1-9(2)24-11-5-3-10(4-6-11)18-15(17)19-26-13(21)8-16(23,14(22)27-19)7-12(20)25-18/h3-6,9,17,23H,7-8H2,1-2H3. The van der Waals surface area contributed by atoms with Gasteiger partial charge < -0.3 is 19.5 Å². The van der Waals surface area contributed by atoms with Crippen molar-refractivity contribution in [3.8, 4) is 5.75 Å². The molecule has 2 fully saturated rings. The van der Waals surface area contributed by atoms with E-state index in [9.17, 15) is 19.5 Å². The van der Waals surface area contributed by atoms with Gasteiger partial charge in [0.05, 0.1) is 24.6 Å². The van der Waals surface area contributed by atoms with E-state index in [1.165, 1.54) is 12.1 Å². The van der Waals surface area contributed by atoms with Gasteiger partial charge in [-0.05, 0) is 38.1 Å². The van der Waals surface area contributed by atoms with Crippen molar-refractivity contribution in [3.63, 3.8) is 0 Å². The molecule has 2 aliphatic heterocycles. The molecule has 1 aromatic rings. The minimum atomic E-state index is -2.45. The van der Waals surface area contributed by atoms with Crippen molar-refractivity contribution in [2.24, 2.45) is 0 Å². The Morgan fingerprint density at radius 2 is 1.67 bits per heavy atom. The normalized spacial score (nSPS) is 23.1. The average Bonchev–Trinajstić information content (AvgIpc) is 2.66.